The van der Waals surface area contributed by atoms with Gasteiger partial charge < -0.3 is 10.5 Å². The highest BCUT2D eigenvalue weighted by Gasteiger charge is 2.29. The lowest BCUT2D eigenvalue weighted by Gasteiger charge is -2.28. The zero-order valence-electron chi connectivity index (χ0n) is 14.4. The lowest BCUT2D eigenvalue weighted by molar-refractivity contribution is 0.208. The van der Waals surface area contributed by atoms with Crippen LogP contribution in [-0.2, 0) is 9.73 Å². The van der Waals surface area contributed by atoms with E-state index in [0.717, 1.165) is 31.6 Å². The summed E-state index contributed by atoms with van der Waals surface area (Å²) in [5.74, 6) is 1.39. The first kappa shape index (κ1) is 17.7. The molecule has 0 radical (unpaired) electrons. The van der Waals surface area contributed by atoms with E-state index in [0.29, 0.717) is 17.2 Å². The van der Waals surface area contributed by atoms with Crippen molar-refractivity contribution in [3.63, 3.8) is 0 Å². The summed E-state index contributed by atoms with van der Waals surface area (Å²) < 4.78 is 27.6. The summed E-state index contributed by atoms with van der Waals surface area (Å²) in [6.07, 6.45) is 9.92. The topological polar surface area (TPSA) is 76.2 Å². The molecular weight excluding hydrogens is 320 g/mol. The molecule has 0 spiro atoms. The minimum absolute atomic E-state index is 0.0839. The van der Waals surface area contributed by atoms with E-state index < -0.39 is 9.73 Å². The molecule has 4 nitrogen and oxygen atoms in total. The smallest absolute Gasteiger partial charge is 0.120 e. The third-order valence-corrected chi connectivity index (χ3v) is 7.82. The van der Waals surface area contributed by atoms with Crippen LogP contribution in [0.15, 0.2) is 29.2 Å². The van der Waals surface area contributed by atoms with Crippen LogP contribution in [0.1, 0.15) is 57.8 Å². The van der Waals surface area contributed by atoms with Gasteiger partial charge in [0.1, 0.15) is 5.75 Å². The van der Waals surface area contributed by atoms with E-state index in [1.165, 1.54) is 32.1 Å². The number of ether oxygens (including phenoxy) is 1. The molecule has 0 saturated heterocycles. The Hall–Kier alpha value is -1.07. The standard InChI is InChI=1S/C19H30N2O2S/c20-16-8-4-10-18(12-16)24(21,22)19-11-5-9-17(13-19)23-14-15-6-2-1-3-7-15/h5,9,11,13,15-16,18,21H,1-4,6-8,10,12,14,20H2. The summed E-state index contributed by atoms with van der Waals surface area (Å²) in [6, 6.07) is 7.48. The average molecular weight is 351 g/mol. The van der Waals surface area contributed by atoms with Crippen molar-refractivity contribution in [3.8, 4) is 5.75 Å². The Bertz CT molecular complexity index is 639. The zero-order chi connectivity index (χ0) is 17.0. The van der Waals surface area contributed by atoms with Crippen molar-refractivity contribution < 1.29 is 8.95 Å². The van der Waals surface area contributed by atoms with Gasteiger partial charge >= 0.3 is 0 Å². The van der Waals surface area contributed by atoms with Crippen LogP contribution in [0.25, 0.3) is 0 Å². The fraction of sp³-hybridized carbons (Fsp3) is 0.684. The van der Waals surface area contributed by atoms with E-state index in [1.54, 1.807) is 0 Å². The molecule has 3 unspecified atom stereocenters. The molecule has 0 amide bonds. The average Bonchev–Trinajstić information content (AvgIpc) is 2.61. The van der Waals surface area contributed by atoms with Crippen molar-refractivity contribution in [2.45, 2.75) is 74.0 Å². The molecule has 1 aromatic carbocycles. The lowest BCUT2D eigenvalue weighted by atomic mass is 9.90. The third-order valence-electron chi connectivity index (χ3n) is 5.50. The Kier molecular flexibility index (Phi) is 5.82. The van der Waals surface area contributed by atoms with E-state index in [9.17, 15) is 4.21 Å². The predicted molar refractivity (Wildman–Crippen MR) is 97.9 cm³/mol. The van der Waals surface area contributed by atoms with Crippen molar-refractivity contribution in [1.82, 2.24) is 0 Å². The largest absolute Gasteiger partial charge is 0.493 e. The number of nitrogens with one attached hydrogen (secondary N) is 1. The van der Waals surface area contributed by atoms with Crippen LogP contribution in [-0.4, -0.2) is 22.1 Å². The number of benzene rings is 1. The Balaban J connectivity index is 1.67. The Labute approximate surface area is 146 Å². The van der Waals surface area contributed by atoms with Gasteiger partial charge in [0.2, 0.25) is 0 Å². The van der Waals surface area contributed by atoms with Gasteiger partial charge in [-0.15, -0.1) is 0 Å². The first-order valence-corrected chi connectivity index (χ1v) is 10.9. The first-order valence-electron chi connectivity index (χ1n) is 9.32. The maximum Gasteiger partial charge on any atom is 0.120 e. The number of rotatable bonds is 5. The number of nitrogens with two attached hydrogens (primary N) is 1. The molecular formula is C19H30N2O2S. The first-order chi connectivity index (χ1) is 11.6. The lowest BCUT2D eigenvalue weighted by Crippen LogP contribution is -2.34. The van der Waals surface area contributed by atoms with Crippen molar-refractivity contribution in [2.24, 2.45) is 11.7 Å². The van der Waals surface area contributed by atoms with Gasteiger partial charge in [-0.3, -0.25) is 0 Å². The van der Waals surface area contributed by atoms with Gasteiger partial charge in [0.25, 0.3) is 0 Å². The SMILES string of the molecule is N=S(=O)(c1cccc(OCC2CCCCC2)c1)C1CCCC(N)C1. The molecule has 3 atom stereocenters. The molecule has 1 aromatic rings. The maximum atomic E-state index is 13.1. The van der Waals surface area contributed by atoms with Crippen LogP contribution >= 0.6 is 0 Å². The second-order valence-corrected chi connectivity index (χ2v) is 9.78. The number of hydrogen-bond acceptors (Lipinski definition) is 4. The molecule has 0 aliphatic heterocycles. The Morgan fingerprint density at radius 2 is 1.92 bits per heavy atom. The van der Waals surface area contributed by atoms with Gasteiger partial charge in [-0.1, -0.05) is 31.7 Å². The van der Waals surface area contributed by atoms with Crippen LogP contribution in [0, 0.1) is 10.7 Å². The summed E-state index contributed by atoms with van der Waals surface area (Å²) >= 11 is 0. The van der Waals surface area contributed by atoms with E-state index in [1.807, 2.05) is 24.3 Å². The van der Waals surface area contributed by atoms with Crippen LogP contribution < -0.4 is 10.5 Å². The highest BCUT2D eigenvalue weighted by molar-refractivity contribution is 7.93. The zero-order valence-corrected chi connectivity index (χ0v) is 15.2. The minimum atomic E-state index is -2.82. The molecule has 134 valence electrons. The molecule has 0 bridgehead atoms. The molecule has 2 saturated carbocycles. The molecule has 5 heteroatoms. The second kappa shape index (κ2) is 7.87. The van der Waals surface area contributed by atoms with Gasteiger partial charge in [-0.2, -0.15) is 0 Å². The highest BCUT2D eigenvalue weighted by Crippen LogP contribution is 2.31. The number of hydrogen-bond donors (Lipinski definition) is 2. The van der Waals surface area contributed by atoms with Crippen LogP contribution in [0.4, 0.5) is 0 Å². The molecule has 2 aliphatic carbocycles. The summed E-state index contributed by atoms with van der Waals surface area (Å²) in [5, 5.41) is -0.130. The quantitative estimate of drug-likeness (QED) is 0.830. The van der Waals surface area contributed by atoms with Gasteiger partial charge in [0, 0.05) is 11.3 Å². The van der Waals surface area contributed by atoms with Gasteiger partial charge in [-0.05, 0) is 56.2 Å². The van der Waals surface area contributed by atoms with Gasteiger partial charge in [-0.25, -0.2) is 8.99 Å². The van der Waals surface area contributed by atoms with Crippen LogP contribution in [0.5, 0.6) is 5.75 Å². The van der Waals surface area contributed by atoms with Crippen molar-refractivity contribution >= 4 is 9.73 Å². The normalized spacial score (nSPS) is 28.2. The fourth-order valence-electron chi connectivity index (χ4n) is 4.00. The van der Waals surface area contributed by atoms with Crippen molar-refractivity contribution in [3.05, 3.63) is 24.3 Å². The monoisotopic (exact) mass is 350 g/mol. The third kappa shape index (κ3) is 4.31. The van der Waals surface area contributed by atoms with E-state index >= 15 is 0 Å². The minimum Gasteiger partial charge on any atom is -0.493 e. The molecule has 24 heavy (non-hydrogen) atoms. The summed E-state index contributed by atoms with van der Waals surface area (Å²) in [5.41, 5.74) is 6.03. The van der Waals surface area contributed by atoms with E-state index in [-0.39, 0.29) is 11.3 Å². The molecule has 3 N–H and O–H groups in total. The van der Waals surface area contributed by atoms with Crippen LogP contribution in [0.3, 0.4) is 0 Å². The van der Waals surface area contributed by atoms with Gasteiger partial charge in [0.15, 0.2) is 0 Å². The molecule has 2 fully saturated rings. The Morgan fingerprint density at radius 1 is 1.12 bits per heavy atom. The highest BCUT2D eigenvalue weighted by atomic mass is 32.2. The predicted octanol–water partition coefficient (Wildman–Crippen LogP) is 4.32. The second-order valence-electron chi connectivity index (χ2n) is 7.44. The molecule has 2 aliphatic rings. The molecule has 0 heterocycles. The van der Waals surface area contributed by atoms with E-state index in [2.05, 4.69) is 0 Å². The van der Waals surface area contributed by atoms with Crippen molar-refractivity contribution in [2.75, 3.05) is 6.61 Å². The van der Waals surface area contributed by atoms with Crippen LogP contribution in [0.2, 0.25) is 0 Å². The Morgan fingerprint density at radius 3 is 2.67 bits per heavy atom. The maximum absolute atomic E-state index is 13.1. The summed E-state index contributed by atoms with van der Waals surface area (Å²) in [4.78, 5) is 0.600. The fourth-order valence-corrected chi connectivity index (χ4v) is 5.97. The van der Waals surface area contributed by atoms with Crippen molar-refractivity contribution in [1.29, 1.82) is 4.78 Å². The molecule has 3 rings (SSSR count). The van der Waals surface area contributed by atoms with Gasteiger partial charge in [0.05, 0.1) is 21.2 Å². The van der Waals surface area contributed by atoms with E-state index in [4.69, 9.17) is 15.3 Å². The summed E-state index contributed by atoms with van der Waals surface area (Å²) in [6.45, 7) is 0.733. The molecule has 0 aromatic heterocycles. The summed E-state index contributed by atoms with van der Waals surface area (Å²) in [7, 11) is -2.82.